The van der Waals surface area contributed by atoms with Crippen LogP contribution in [0, 0.1) is 5.82 Å². The molecule has 1 atom stereocenters. The van der Waals surface area contributed by atoms with Crippen LogP contribution in [0.2, 0.25) is 0 Å². The molecule has 1 aromatic rings. The van der Waals surface area contributed by atoms with Gasteiger partial charge in [0.15, 0.2) is 0 Å². The van der Waals surface area contributed by atoms with Crippen LogP contribution in [-0.4, -0.2) is 73.7 Å². The molecule has 1 aromatic carbocycles. The zero-order chi connectivity index (χ0) is 17.6. The molecule has 2 heterocycles. The third kappa shape index (κ3) is 4.76. The van der Waals surface area contributed by atoms with Crippen LogP contribution < -0.4 is 0 Å². The van der Waals surface area contributed by atoms with Crippen LogP contribution in [0.5, 0.6) is 0 Å². The summed E-state index contributed by atoms with van der Waals surface area (Å²) in [5.41, 5.74) is 0.460. The highest BCUT2D eigenvalue weighted by atomic mass is 19.1. The monoisotopic (exact) mass is 350 g/mol. The first-order valence-corrected chi connectivity index (χ1v) is 8.65. The number of amides is 2. The van der Waals surface area contributed by atoms with Gasteiger partial charge in [0.2, 0.25) is 5.91 Å². The lowest BCUT2D eigenvalue weighted by Gasteiger charge is -2.35. The smallest absolute Gasteiger partial charge is 0.253 e. The van der Waals surface area contributed by atoms with Gasteiger partial charge >= 0.3 is 0 Å². The summed E-state index contributed by atoms with van der Waals surface area (Å²) in [6.07, 6.45) is 1.88. The number of rotatable bonds is 4. The molecule has 0 spiro atoms. The number of nitrogens with zero attached hydrogens (tertiary/aromatic N) is 2. The van der Waals surface area contributed by atoms with Crippen LogP contribution in [0.15, 0.2) is 24.3 Å². The summed E-state index contributed by atoms with van der Waals surface area (Å²) in [6, 6.07) is 5.52. The molecule has 0 aromatic heterocycles. The summed E-state index contributed by atoms with van der Waals surface area (Å²) < 4.78 is 23.9. The molecule has 136 valence electrons. The highest BCUT2D eigenvalue weighted by molar-refractivity contribution is 5.94. The predicted octanol–water partition coefficient (Wildman–Crippen LogP) is 1.31. The van der Waals surface area contributed by atoms with Crippen molar-refractivity contribution >= 4 is 11.8 Å². The third-order valence-electron chi connectivity index (χ3n) is 4.57. The largest absolute Gasteiger partial charge is 0.379 e. The Bertz CT molecular complexity index is 594. The molecule has 1 unspecified atom stereocenters. The van der Waals surface area contributed by atoms with Gasteiger partial charge in [-0.3, -0.25) is 9.59 Å². The Kier molecular flexibility index (Phi) is 5.99. The van der Waals surface area contributed by atoms with Crippen molar-refractivity contribution in [2.75, 3.05) is 46.0 Å². The van der Waals surface area contributed by atoms with Gasteiger partial charge in [0.25, 0.3) is 5.91 Å². The normalized spacial score (nSPS) is 21.2. The molecule has 7 heteroatoms. The standard InChI is InChI=1S/C18H23FN2O4/c19-15-5-3-14(4-6-15)18(23)21-9-7-20(8-10-21)17(22)13-25-16-2-1-11-24-12-16/h3-6,16H,1-2,7-13H2. The van der Waals surface area contributed by atoms with E-state index < -0.39 is 0 Å². The highest BCUT2D eigenvalue weighted by Crippen LogP contribution is 2.12. The van der Waals surface area contributed by atoms with Gasteiger partial charge in [-0.05, 0) is 37.1 Å². The first-order chi connectivity index (χ1) is 12.1. The lowest BCUT2D eigenvalue weighted by atomic mass is 10.1. The molecule has 6 nitrogen and oxygen atoms in total. The number of halogens is 1. The second kappa shape index (κ2) is 8.40. The van der Waals surface area contributed by atoms with Crippen molar-refractivity contribution in [2.45, 2.75) is 18.9 Å². The summed E-state index contributed by atoms with van der Waals surface area (Å²) in [6.45, 7) is 3.26. The van der Waals surface area contributed by atoms with E-state index in [1.165, 1.54) is 24.3 Å². The third-order valence-corrected chi connectivity index (χ3v) is 4.57. The Morgan fingerprint density at radius 3 is 2.44 bits per heavy atom. The second-order valence-corrected chi connectivity index (χ2v) is 6.33. The molecule has 0 bridgehead atoms. The molecule has 2 aliphatic heterocycles. The molecule has 0 saturated carbocycles. The van der Waals surface area contributed by atoms with Gasteiger partial charge in [0.05, 0.1) is 12.7 Å². The van der Waals surface area contributed by atoms with E-state index in [2.05, 4.69) is 0 Å². The van der Waals surface area contributed by atoms with E-state index in [9.17, 15) is 14.0 Å². The van der Waals surface area contributed by atoms with E-state index in [0.717, 1.165) is 19.4 Å². The SMILES string of the molecule is O=C(COC1CCCOC1)N1CCN(C(=O)c2ccc(F)cc2)CC1. The summed E-state index contributed by atoms with van der Waals surface area (Å²) in [4.78, 5) is 28.0. The minimum atomic E-state index is -0.365. The molecule has 2 amide bonds. The summed E-state index contributed by atoms with van der Waals surface area (Å²) in [7, 11) is 0. The molecule has 2 fully saturated rings. The van der Waals surface area contributed by atoms with Gasteiger partial charge in [-0.25, -0.2) is 4.39 Å². The Balaban J connectivity index is 1.43. The maximum atomic E-state index is 13.0. The topological polar surface area (TPSA) is 59.1 Å². The van der Waals surface area contributed by atoms with Gasteiger partial charge in [0.1, 0.15) is 12.4 Å². The van der Waals surface area contributed by atoms with E-state index in [1.807, 2.05) is 0 Å². The van der Waals surface area contributed by atoms with Gasteiger partial charge < -0.3 is 19.3 Å². The molecule has 2 aliphatic rings. The zero-order valence-corrected chi connectivity index (χ0v) is 14.2. The van der Waals surface area contributed by atoms with E-state index in [0.29, 0.717) is 38.3 Å². The Morgan fingerprint density at radius 2 is 1.80 bits per heavy atom. The predicted molar refractivity (Wildman–Crippen MR) is 88.7 cm³/mol. The number of ether oxygens (including phenoxy) is 2. The summed E-state index contributed by atoms with van der Waals surface area (Å²) >= 11 is 0. The number of carbonyl (C=O) groups excluding carboxylic acids is 2. The van der Waals surface area contributed by atoms with Crippen molar-refractivity contribution in [3.05, 3.63) is 35.6 Å². The molecular formula is C18H23FN2O4. The first kappa shape index (κ1) is 17.8. The zero-order valence-electron chi connectivity index (χ0n) is 14.2. The fourth-order valence-corrected chi connectivity index (χ4v) is 3.06. The first-order valence-electron chi connectivity index (χ1n) is 8.65. The average molecular weight is 350 g/mol. The second-order valence-electron chi connectivity index (χ2n) is 6.33. The fourth-order valence-electron chi connectivity index (χ4n) is 3.06. The Morgan fingerprint density at radius 1 is 1.12 bits per heavy atom. The minimum absolute atomic E-state index is 0.000886. The molecule has 0 radical (unpaired) electrons. The molecule has 25 heavy (non-hydrogen) atoms. The van der Waals surface area contributed by atoms with Crippen molar-refractivity contribution in [3.8, 4) is 0 Å². The van der Waals surface area contributed by atoms with Crippen molar-refractivity contribution < 1.29 is 23.5 Å². The lowest BCUT2D eigenvalue weighted by Crippen LogP contribution is -2.51. The van der Waals surface area contributed by atoms with E-state index in [1.54, 1.807) is 9.80 Å². The molecular weight excluding hydrogens is 327 g/mol. The van der Waals surface area contributed by atoms with Crippen molar-refractivity contribution in [3.63, 3.8) is 0 Å². The molecule has 2 saturated heterocycles. The van der Waals surface area contributed by atoms with Crippen molar-refractivity contribution in [1.29, 1.82) is 0 Å². The highest BCUT2D eigenvalue weighted by Gasteiger charge is 2.25. The number of piperazine rings is 1. The van der Waals surface area contributed by atoms with Crippen LogP contribution in [-0.2, 0) is 14.3 Å². The number of hydrogen-bond acceptors (Lipinski definition) is 4. The average Bonchev–Trinajstić information content (AvgIpc) is 2.67. The maximum Gasteiger partial charge on any atom is 0.253 e. The Labute approximate surface area is 146 Å². The van der Waals surface area contributed by atoms with Crippen molar-refractivity contribution in [2.24, 2.45) is 0 Å². The molecule has 0 N–H and O–H groups in total. The number of hydrogen-bond donors (Lipinski definition) is 0. The van der Waals surface area contributed by atoms with Gasteiger partial charge in [-0.1, -0.05) is 0 Å². The van der Waals surface area contributed by atoms with E-state index in [-0.39, 0.29) is 30.3 Å². The minimum Gasteiger partial charge on any atom is -0.379 e. The van der Waals surface area contributed by atoms with Crippen LogP contribution in [0.4, 0.5) is 4.39 Å². The number of benzene rings is 1. The van der Waals surface area contributed by atoms with Crippen LogP contribution in [0.25, 0.3) is 0 Å². The van der Waals surface area contributed by atoms with E-state index in [4.69, 9.17) is 9.47 Å². The van der Waals surface area contributed by atoms with Crippen LogP contribution >= 0.6 is 0 Å². The van der Waals surface area contributed by atoms with Crippen LogP contribution in [0.3, 0.4) is 0 Å². The molecule has 3 rings (SSSR count). The fraction of sp³-hybridized carbons (Fsp3) is 0.556. The van der Waals surface area contributed by atoms with Gasteiger partial charge in [-0.2, -0.15) is 0 Å². The lowest BCUT2D eigenvalue weighted by molar-refractivity contribution is -0.142. The van der Waals surface area contributed by atoms with E-state index >= 15 is 0 Å². The van der Waals surface area contributed by atoms with Gasteiger partial charge in [-0.15, -0.1) is 0 Å². The number of carbonyl (C=O) groups is 2. The molecule has 0 aliphatic carbocycles. The van der Waals surface area contributed by atoms with Crippen LogP contribution in [0.1, 0.15) is 23.2 Å². The Hall–Kier alpha value is -1.99. The summed E-state index contributed by atoms with van der Waals surface area (Å²) in [5, 5.41) is 0. The van der Waals surface area contributed by atoms with Crippen molar-refractivity contribution in [1.82, 2.24) is 9.80 Å². The van der Waals surface area contributed by atoms with Gasteiger partial charge in [0, 0.05) is 38.3 Å². The maximum absolute atomic E-state index is 13.0. The quantitative estimate of drug-likeness (QED) is 0.821. The summed E-state index contributed by atoms with van der Waals surface area (Å²) in [5.74, 6) is -0.558.